The van der Waals surface area contributed by atoms with Crippen LogP contribution in [0.3, 0.4) is 0 Å². The van der Waals surface area contributed by atoms with Crippen molar-refractivity contribution in [2.45, 2.75) is 43.5 Å². The van der Waals surface area contributed by atoms with Gasteiger partial charge in [0.25, 0.3) is 10.0 Å². The Morgan fingerprint density at radius 2 is 1.82 bits per heavy atom. The predicted octanol–water partition coefficient (Wildman–Crippen LogP) is 3.18. The average Bonchev–Trinajstić information content (AvgIpc) is 3.21. The number of aliphatic imine (C=N–C) groups is 1. The first kappa shape index (κ1) is 20.8. The van der Waals surface area contributed by atoms with Crippen LogP contribution in [0.4, 0.5) is 0 Å². The summed E-state index contributed by atoms with van der Waals surface area (Å²) in [5, 5.41) is 6.52. The molecule has 0 aliphatic carbocycles. The molecule has 1 fully saturated rings. The van der Waals surface area contributed by atoms with E-state index in [0.717, 1.165) is 42.2 Å². The van der Waals surface area contributed by atoms with Crippen molar-refractivity contribution in [3.05, 3.63) is 52.9 Å². The summed E-state index contributed by atoms with van der Waals surface area (Å²) in [7, 11) is -3.36. The molecular weight excluding hydrogens is 392 g/mol. The van der Waals surface area contributed by atoms with Crippen LogP contribution in [0.15, 0.2) is 51.7 Å². The van der Waals surface area contributed by atoms with E-state index >= 15 is 0 Å². The van der Waals surface area contributed by atoms with Crippen LogP contribution in [0.2, 0.25) is 0 Å². The number of guanidine groups is 1. The van der Waals surface area contributed by atoms with Gasteiger partial charge in [0.2, 0.25) is 0 Å². The first-order chi connectivity index (χ1) is 13.6. The van der Waals surface area contributed by atoms with E-state index in [0.29, 0.717) is 30.4 Å². The molecule has 28 heavy (non-hydrogen) atoms. The Hall–Kier alpha value is -1.90. The van der Waals surface area contributed by atoms with Crippen LogP contribution in [0, 0.1) is 0 Å². The summed E-state index contributed by atoms with van der Waals surface area (Å²) in [5.74, 6) is 0.722. The summed E-state index contributed by atoms with van der Waals surface area (Å²) in [6, 6.07) is 13.7. The molecule has 1 aliphatic rings. The molecule has 1 aromatic carbocycles. The van der Waals surface area contributed by atoms with Crippen LogP contribution in [0.25, 0.3) is 0 Å². The van der Waals surface area contributed by atoms with Gasteiger partial charge in [0, 0.05) is 24.5 Å². The SMILES string of the molecule is CCNC(=NCc1ccccc1)NCc1ccc(S(=O)(=O)N2CCCCC2)s1. The molecule has 3 rings (SSSR count). The fraction of sp³-hybridized carbons (Fsp3) is 0.450. The van der Waals surface area contributed by atoms with Gasteiger partial charge >= 0.3 is 0 Å². The fourth-order valence-electron chi connectivity index (χ4n) is 3.09. The first-order valence-corrected chi connectivity index (χ1v) is 12.0. The van der Waals surface area contributed by atoms with Gasteiger partial charge in [-0.3, -0.25) is 0 Å². The molecule has 0 saturated carbocycles. The van der Waals surface area contributed by atoms with Gasteiger partial charge in [-0.1, -0.05) is 36.8 Å². The van der Waals surface area contributed by atoms with Gasteiger partial charge < -0.3 is 10.6 Å². The van der Waals surface area contributed by atoms with Crippen molar-refractivity contribution in [2.75, 3.05) is 19.6 Å². The van der Waals surface area contributed by atoms with Gasteiger partial charge in [-0.15, -0.1) is 11.3 Å². The Balaban J connectivity index is 1.61. The van der Waals surface area contributed by atoms with E-state index in [-0.39, 0.29) is 0 Å². The highest BCUT2D eigenvalue weighted by Crippen LogP contribution is 2.27. The molecule has 0 bridgehead atoms. The van der Waals surface area contributed by atoms with Gasteiger partial charge in [0.1, 0.15) is 4.21 Å². The molecule has 2 heterocycles. The Kier molecular flexibility index (Phi) is 7.47. The average molecular weight is 421 g/mol. The zero-order valence-corrected chi connectivity index (χ0v) is 17.9. The number of nitrogens with zero attached hydrogens (tertiary/aromatic N) is 2. The summed E-state index contributed by atoms with van der Waals surface area (Å²) in [5.41, 5.74) is 1.14. The number of thiophene rings is 1. The topological polar surface area (TPSA) is 73.8 Å². The van der Waals surface area contributed by atoms with E-state index in [9.17, 15) is 8.42 Å². The summed E-state index contributed by atoms with van der Waals surface area (Å²) >= 11 is 1.33. The third-order valence-corrected chi connectivity index (χ3v) is 8.03. The largest absolute Gasteiger partial charge is 0.357 e. The zero-order valence-electron chi connectivity index (χ0n) is 16.2. The smallest absolute Gasteiger partial charge is 0.252 e. The lowest BCUT2D eigenvalue weighted by molar-refractivity contribution is 0.347. The van der Waals surface area contributed by atoms with E-state index in [4.69, 9.17) is 0 Å². The Labute approximate surface area is 171 Å². The zero-order chi connectivity index (χ0) is 19.8. The van der Waals surface area contributed by atoms with Crippen molar-refractivity contribution in [1.82, 2.24) is 14.9 Å². The molecule has 0 amide bonds. The molecule has 0 radical (unpaired) electrons. The molecule has 1 aromatic heterocycles. The van der Waals surface area contributed by atoms with Crippen molar-refractivity contribution in [1.29, 1.82) is 0 Å². The lowest BCUT2D eigenvalue weighted by atomic mass is 10.2. The minimum Gasteiger partial charge on any atom is -0.357 e. The second-order valence-corrected chi connectivity index (χ2v) is 10.1. The third-order valence-electron chi connectivity index (χ3n) is 4.58. The van der Waals surface area contributed by atoms with Gasteiger partial charge in [-0.25, -0.2) is 13.4 Å². The minimum absolute atomic E-state index is 0.428. The molecule has 152 valence electrons. The monoisotopic (exact) mass is 420 g/mol. The van der Waals surface area contributed by atoms with Crippen molar-refractivity contribution in [3.63, 3.8) is 0 Å². The first-order valence-electron chi connectivity index (χ1n) is 9.74. The summed E-state index contributed by atoms with van der Waals surface area (Å²) in [6.07, 6.45) is 3.01. The van der Waals surface area contributed by atoms with Crippen LogP contribution >= 0.6 is 11.3 Å². The summed E-state index contributed by atoms with van der Waals surface area (Å²) < 4.78 is 27.6. The fourth-order valence-corrected chi connectivity index (χ4v) is 6.06. The van der Waals surface area contributed by atoms with Crippen LogP contribution in [0.1, 0.15) is 36.6 Å². The van der Waals surface area contributed by atoms with E-state index < -0.39 is 10.0 Å². The molecule has 6 nitrogen and oxygen atoms in total. The third kappa shape index (κ3) is 5.56. The standard InChI is InChI=1S/C20H28N4O2S2/c1-2-21-20(22-15-17-9-5-3-6-10-17)23-16-18-11-12-19(27-18)28(25,26)24-13-7-4-8-14-24/h3,5-6,9-12H,2,4,7-8,13-16H2,1H3,(H2,21,22,23). The number of sulfonamides is 1. The highest BCUT2D eigenvalue weighted by atomic mass is 32.2. The Morgan fingerprint density at radius 1 is 1.07 bits per heavy atom. The number of hydrogen-bond acceptors (Lipinski definition) is 4. The van der Waals surface area contributed by atoms with Crippen LogP contribution in [0.5, 0.6) is 0 Å². The van der Waals surface area contributed by atoms with Gasteiger partial charge in [0.05, 0.1) is 13.1 Å². The van der Waals surface area contributed by atoms with Gasteiger partial charge in [-0.2, -0.15) is 4.31 Å². The van der Waals surface area contributed by atoms with E-state index in [1.54, 1.807) is 10.4 Å². The number of nitrogens with one attached hydrogen (secondary N) is 2. The van der Waals surface area contributed by atoms with E-state index in [1.807, 2.05) is 43.3 Å². The Bertz CT molecular complexity index is 873. The maximum atomic E-state index is 12.8. The second-order valence-electron chi connectivity index (χ2n) is 6.72. The molecule has 8 heteroatoms. The molecule has 1 aliphatic heterocycles. The second kappa shape index (κ2) is 10.0. The highest BCUT2D eigenvalue weighted by molar-refractivity contribution is 7.91. The maximum absolute atomic E-state index is 12.8. The Morgan fingerprint density at radius 3 is 2.54 bits per heavy atom. The van der Waals surface area contributed by atoms with E-state index in [2.05, 4.69) is 15.6 Å². The minimum atomic E-state index is -3.36. The van der Waals surface area contributed by atoms with Crippen LogP contribution < -0.4 is 10.6 Å². The molecule has 2 N–H and O–H groups in total. The molecule has 0 unspecified atom stereocenters. The van der Waals surface area contributed by atoms with Crippen molar-refractivity contribution in [3.8, 4) is 0 Å². The van der Waals surface area contributed by atoms with Crippen LogP contribution in [-0.2, 0) is 23.1 Å². The molecule has 0 spiro atoms. The summed E-state index contributed by atoms with van der Waals surface area (Å²) in [6.45, 7) is 5.18. The quantitative estimate of drug-likeness (QED) is 0.533. The van der Waals surface area contributed by atoms with Crippen molar-refractivity contribution in [2.24, 2.45) is 4.99 Å². The van der Waals surface area contributed by atoms with Gasteiger partial charge in [-0.05, 0) is 37.5 Å². The number of hydrogen-bond donors (Lipinski definition) is 2. The molecule has 2 aromatic rings. The predicted molar refractivity (Wildman–Crippen MR) is 115 cm³/mol. The van der Waals surface area contributed by atoms with Gasteiger partial charge in [0.15, 0.2) is 5.96 Å². The number of benzene rings is 1. The molecule has 1 saturated heterocycles. The van der Waals surface area contributed by atoms with Crippen molar-refractivity contribution >= 4 is 27.3 Å². The normalized spacial score (nSPS) is 16.1. The van der Waals surface area contributed by atoms with Crippen molar-refractivity contribution < 1.29 is 8.42 Å². The highest BCUT2D eigenvalue weighted by Gasteiger charge is 2.27. The molecule has 0 atom stereocenters. The maximum Gasteiger partial charge on any atom is 0.252 e. The van der Waals surface area contributed by atoms with E-state index in [1.165, 1.54) is 11.3 Å². The summed E-state index contributed by atoms with van der Waals surface area (Å²) in [4.78, 5) is 5.57. The number of piperidine rings is 1. The molecular formula is C20H28N4O2S2. The lowest BCUT2D eigenvalue weighted by Crippen LogP contribution is -2.36. The van der Waals surface area contributed by atoms with Crippen LogP contribution in [-0.4, -0.2) is 38.3 Å². The lowest BCUT2D eigenvalue weighted by Gasteiger charge is -2.25. The number of rotatable bonds is 7.